The molecule has 1 saturated heterocycles. The van der Waals surface area contributed by atoms with Gasteiger partial charge in [-0.15, -0.1) is 0 Å². The van der Waals surface area contributed by atoms with Crippen LogP contribution in [-0.2, 0) is 19.0 Å². The van der Waals surface area contributed by atoms with Crippen LogP contribution in [0.3, 0.4) is 0 Å². The molecule has 0 aliphatic carbocycles. The Balaban J connectivity index is 2.54. The second-order valence-electron chi connectivity index (χ2n) is 2.45. The molecule has 1 unspecified atom stereocenters. The molecule has 1 heterocycles. The van der Waals surface area contributed by atoms with Gasteiger partial charge in [0.15, 0.2) is 0 Å². The molecule has 0 aromatic heterocycles. The Hall–Kier alpha value is -0.170. The van der Waals surface area contributed by atoms with Crippen molar-refractivity contribution in [3.8, 4) is 0 Å². The van der Waals surface area contributed by atoms with Gasteiger partial charge < -0.3 is 4.74 Å². The minimum absolute atomic E-state index is 0.0591. The average molecular weight is 195 g/mol. The third-order valence-corrected chi connectivity index (χ3v) is 2.69. The SMILES string of the molecule is CCOC1NCCCS(=O)(=O)O1. The summed E-state index contributed by atoms with van der Waals surface area (Å²) in [6.07, 6.45) is -0.242. The minimum atomic E-state index is -3.38. The lowest BCUT2D eigenvalue weighted by atomic mass is 10.5. The summed E-state index contributed by atoms with van der Waals surface area (Å²) in [5, 5.41) is 2.81. The van der Waals surface area contributed by atoms with E-state index in [2.05, 4.69) is 9.50 Å². The molecule has 1 aliphatic heterocycles. The van der Waals surface area contributed by atoms with Crippen molar-refractivity contribution in [2.24, 2.45) is 0 Å². The molecule has 0 saturated carbocycles. The van der Waals surface area contributed by atoms with Gasteiger partial charge in [-0.25, -0.2) is 4.18 Å². The predicted molar refractivity (Wildman–Crippen MR) is 42.9 cm³/mol. The molecule has 0 aromatic carbocycles. The molecule has 1 N–H and O–H groups in total. The van der Waals surface area contributed by atoms with Crippen molar-refractivity contribution in [3.05, 3.63) is 0 Å². The van der Waals surface area contributed by atoms with Crippen LogP contribution in [0, 0.1) is 0 Å². The summed E-state index contributed by atoms with van der Waals surface area (Å²) < 4.78 is 31.7. The second-order valence-corrected chi connectivity index (χ2v) is 4.17. The molecular weight excluding hydrogens is 182 g/mol. The zero-order valence-electron chi connectivity index (χ0n) is 6.95. The summed E-state index contributed by atoms with van der Waals surface area (Å²) in [4.78, 5) is 0. The van der Waals surface area contributed by atoms with E-state index in [0.717, 1.165) is 0 Å². The van der Waals surface area contributed by atoms with Gasteiger partial charge in [-0.3, -0.25) is 5.32 Å². The standard InChI is InChI=1S/C6H13NO4S/c1-2-10-6-7-4-3-5-12(8,9)11-6/h6-7H,2-5H2,1H3. The summed E-state index contributed by atoms with van der Waals surface area (Å²) >= 11 is 0. The van der Waals surface area contributed by atoms with E-state index in [1.54, 1.807) is 6.92 Å². The molecule has 0 bridgehead atoms. The lowest BCUT2D eigenvalue weighted by molar-refractivity contribution is -0.0901. The van der Waals surface area contributed by atoms with Gasteiger partial charge in [0.1, 0.15) is 0 Å². The molecule has 6 heteroatoms. The molecule has 0 radical (unpaired) electrons. The first-order chi connectivity index (χ1) is 5.64. The first-order valence-corrected chi connectivity index (χ1v) is 5.48. The Labute approximate surface area is 72.2 Å². The zero-order chi connectivity index (χ0) is 9.03. The predicted octanol–water partition coefficient (Wildman–Crippen LogP) is -0.354. The summed E-state index contributed by atoms with van der Waals surface area (Å²) in [6, 6.07) is 0. The van der Waals surface area contributed by atoms with Gasteiger partial charge in [-0.05, 0) is 13.3 Å². The summed E-state index contributed by atoms with van der Waals surface area (Å²) in [6.45, 7) is 2.81. The van der Waals surface area contributed by atoms with Crippen LogP contribution in [0.15, 0.2) is 0 Å². The van der Waals surface area contributed by atoms with E-state index in [1.165, 1.54) is 0 Å². The van der Waals surface area contributed by atoms with Crippen molar-refractivity contribution in [1.29, 1.82) is 0 Å². The highest BCUT2D eigenvalue weighted by Gasteiger charge is 2.22. The largest absolute Gasteiger partial charge is 0.339 e. The summed E-state index contributed by atoms with van der Waals surface area (Å²) in [7, 11) is -3.38. The fourth-order valence-electron chi connectivity index (χ4n) is 0.922. The van der Waals surface area contributed by atoms with Crippen LogP contribution in [0.1, 0.15) is 13.3 Å². The molecule has 5 nitrogen and oxygen atoms in total. The maximum absolute atomic E-state index is 11.0. The van der Waals surface area contributed by atoms with Crippen molar-refractivity contribution < 1.29 is 17.3 Å². The Morgan fingerprint density at radius 2 is 2.42 bits per heavy atom. The van der Waals surface area contributed by atoms with Gasteiger partial charge in [0.05, 0.1) is 5.75 Å². The average Bonchev–Trinajstić information content (AvgIpc) is 2.11. The summed E-state index contributed by atoms with van der Waals surface area (Å²) in [5.74, 6) is 0.0591. The van der Waals surface area contributed by atoms with Crippen molar-refractivity contribution in [2.75, 3.05) is 18.9 Å². The van der Waals surface area contributed by atoms with E-state index in [-0.39, 0.29) is 5.75 Å². The van der Waals surface area contributed by atoms with Gasteiger partial charge in [0.25, 0.3) is 10.1 Å². The third kappa shape index (κ3) is 3.06. The van der Waals surface area contributed by atoms with E-state index in [9.17, 15) is 8.42 Å². The van der Waals surface area contributed by atoms with Crippen LogP contribution in [0.5, 0.6) is 0 Å². The van der Waals surface area contributed by atoms with Gasteiger partial charge >= 0.3 is 0 Å². The second kappa shape index (κ2) is 4.18. The monoisotopic (exact) mass is 195 g/mol. The topological polar surface area (TPSA) is 64.6 Å². The highest BCUT2D eigenvalue weighted by molar-refractivity contribution is 7.86. The number of nitrogens with one attached hydrogen (secondary N) is 1. The highest BCUT2D eigenvalue weighted by atomic mass is 32.2. The molecule has 1 rings (SSSR count). The van der Waals surface area contributed by atoms with Crippen LogP contribution in [0.25, 0.3) is 0 Å². The van der Waals surface area contributed by atoms with E-state index >= 15 is 0 Å². The van der Waals surface area contributed by atoms with E-state index in [0.29, 0.717) is 19.6 Å². The third-order valence-electron chi connectivity index (χ3n) is 1.43. The quantitative estimate of drug-likeness (QED) is 0.610. The van der Waals surface area contributed by atoms with Crippen molar-refractivity contribution in [3.63, 3.8) is 0 Å². The highest BCUT2D eigenvalue weighted by Crippen LogP contribution is 2.05. The molecule has 0 spiro atoms. The van der Waals surface area contributed by atoms with Crippen LogP contribution >= 0.6 is 0 Å². The fraction of sp³-hybridized carbons (Fsp3) is 1.00. The van der Waals surface area contributed by atoms with Crippen LogP contribution in [0.4, 0.5) is 0 Å². The van der Waals surface area contributed by atoms with Gasteiger partial charge in [0, 0.05) is 13.2 Å². The molecule has 0 aromatic rings. The summed E-state index contributed by atoms with van der Waals surface area (Å²) in [5.41, 5.74) is 0. The van der Waals surface area contributed by atoms with Crippen LogP contribution in [0.2, 0.25) is 0 Å². The van der Waals surface area contributed by atoms with Gasteiger partial charge in [0.2, 0.25) is 6.41 Å². The first kappa shape index (κ1) is 9.91. The van der Waals surface area contributed by atoms with Crippen molar-refractivity contribution >= 4 is 10.1 Å². The number of rotatable bonds is 2. The molecule has 12 heavy (non-hydrogen) atoms. The molecule has 0 amide bonds. The van der Waals surface area contributed by atoms with E-state index in [4.69, 9.17) is 4.74 Å². The molecule has 72 valence electrons. The molecule has 1 aliphatic rings. The number of hydrogen-bond donors (Lipinski definition) is 1. The Morgan fingerprint density at radius 3 is 3.08 bits per heavy atom. The normalized spacial score (nSPS) is 29.6. The number of hydrogen-bond acceptors (Lipinski definition) is 5. The number of ether oxygens (including phenoxy) is 1. The van der Waals surface area contributed by atoms with Crippen molar-refractivity contribution in [1.82, 2.24) is 5.32 Å². The molecule has 1 fully saturated rings. The molecule has 1 atom stereocenters. The Kier molecular flexibility index (Phi) is 3.45. The lowest BCUT2D eigenvalue weighted by Gasteiger charge is -2.13. The van der Waals surface area contributed by atoms with E-state index < -0.39 is 16.5 Å². The van der Waals surface area contributed by atoms with Gasteiger partial charge in [-0.2, -0.15) is 8.42 Å². The lowest BCUT2D eigenvalue weighted by Crippen LogP contribution is -2.34. The Bertz CT molecular complexity index is 226. The smallest absolute Gasteiger partial charge is 0.270 e. The first-order valence-electron chi connectivity index (χ1n) is 3.90. The van der Waals surface area contributed by atoms with Crippen molar-refractivity contribution in [2.45, 2.75) is 19.8 Å². The van der Waals surface area contributed by atoms with Crippen LogP contribution < -0.4 is 5.32 Å². The fourth-order valence-corrected chi connectivity index (χ4v) is 1.91. The van der Waals surface area contributed by atoms with Gasteiger partial charge in [-0.1, -0.05) is 0 Å². The maximum Gasteiger partial charge on any atom is 0.270 e. The molecular formula is C6H13NO4S. The van der Waals surface area contributed by atoms with E-state index in [1.807, 2.05) is 0 Å². The Morgan fingerprint density at radius 1 is 1.67 bits per heavy atom. The minimum Gasteiger partial charge on any atom is -0.339 e. The zero-order valence-corrected chi connectivity index (χ0v) is 7.76. The van der Waals surface area contributed by atoms with Crippen LogP contribution in [-0.4, -0.2) is 33.7 Å². The maximum atomic E-state index is 11.0.